The number of rotatable bonds is 8. The van der Waals surface area contributed by atoms with E-state index in [4.69, 9.17) is 20.6 Å². The number of amides is 2. The zero-order valence-corrected chi connectivity index (χ0v) is 20.3. The molecule has 37 heavy (non-hydrogen) atoms. The molecule has 1 aliphatic heterocycles. The Hall–Kier alpha value is -4.51. The number of nitrogens with zero attached hydrogens (tertiary/aromatic N) is 3. The largest absolute Gasteiger partial charge is 0.444 e. The minimum atomic E-state index is -1.50. The Morgan fingerprint density at radius 2 is 1.78 bits per heavy atom. The molecule has 2 amide bonds. The van der Waals surface area contributed by atoms with Gasteiger partial charge in [-0.2, -0.15) is 0 Å². The molecule has 0 fully saturated rings. The van der Waals surface area contributed by atoms with E-state index in [0.717, 1.165) is 16.0 Å². The molecule has 192 valence electrons. The summed E-state index contributed by atoms with van der Waals surface area (Å²) in [5, 5.41) is 10.5. The highest BCUT2D eigenvalue weighted by molar-refractivity contribution is 5.99. The highest BCUT2D eigenvalue weighted by Crippen LogP contribution is 2.33. The number of aryl methyl sites for hydroxylation is 1. The molecule has 0 aliphatic carbocycles. The first-order valence-electron chi connectivity index (χ1n) is 11.6. The molecule has 11 nitrogen and oxygen atoms in total. The maximum absolute atomic E-state index is 13.9. The molecule has 1 atom stereocenters. The Bertz CT molecular complexity index is 1340. The molecule has 0 saturated carbocycles. The topological polar surface area (TPSA) is 153 Å². The second-order valence-corrected chi connectivity index (χ2v) is 8.64. The van der Waals surface area contributed by atoms with Crippen LogP contribution in [-0.2, 0) is 39.4 Å². The highest BCUT2D eigenvalue weighted by atomic mass is 16.5. The van der Waals surface area contributed by atoms with Gasteiger partial charge in [0.1, 0.15) is 18.1 Å². The molecule has 1 aromatic heterocycles. The van der Waals surface area contributed by atoms with Gasteiger partial charge in [-0.05, 0) is 17.5 Å². The van der Waals surface area contributed by atoms with E-state index in [-0.39, 0.29) is 31.9 Å². The van der Waals surface area contributed by atoms with Crippen LogP contribution < -0.4 is 16.6 Å². The second kappa shape index (κ2) is 11.0. The zero-order chi connectivity index (χ0) is 26.4. The third-order valence-corrected chi connectivity index (χ3v) is 6.17. The van der Waals surface area contributed by atoms with Crippen molar-refractivity contribution in [1.29, 1.82) is 5.41 Å². The predicted octanol–water partition coefficient (Wildman–Crippen LogP) is 2.20. The lowest BCUT2D eigenvalue weighted by molar-refractivity contribution is -0.140. The van der Waals surface area contributed by atoms with Crippen molar-refractivity contribution >= 4 is 23.6 Å². The first-order valence-corrected chi connectivity index (χ1v) is 11.6. The van der Waals surface area contributed by atoms with Gasteiger partial charge in [-0.1, -0.05) is 60.7 Å². The monoisotopic (exact) mass is 504 g/mol. The van der Waals surface area contributed by atoms with Crippen LogP contribution >= 0.6 is 0 Å². The first kappa shape index (κ1) is 25.6. The Labute approximate surface area is 213 Å². The SMILES string of the molecule is COCC1(C(=O)N(Cc2ccccc2)C(=N)N)CCc2ncc(NC(=O)OCc3ccccc3)c(=O)n21. The molecule has 0 saturated heterocycles. The van der Waals surface area contributed by atoms with Crippen LogP contribution in [0.2, 0.25) is 0 Å². The summed E-state index contributed by atoms with van der Waals surface area (Å²) in [5.41, 5.74) is 5.09. The Morgan fingerprint density at radius 3 is 2.41 bits per heavy atom. The van der Waals surface area contributed by atoms with Crippen LogP contribution in [0.3, 0.4) is 0 Å². The fraction of sp³-hybridized carbons (Fsp3) is 0.269. The predicted molar refractivity (Wildman–Crippen MR) is 136 cm³/mol. The molecule has 4 rings (SSSR count). The van der Waals surface area contributed by atoms with E-state index >= 15 is 0 Å². The third-order valence-electron chi connectivity index (χ3n) is 6.17. The van der Waals surface area contributed by atoms with Crippen molar-refractivity contribution in [2.75, 3.05) is 19.0 Å². The summed E-state index contributed by atoms with van der Waals surface area (Å²) in [5.74, 6) is -0.670. The normalized spacial score (nSPS) is 16.0. The molecule has 2 heterocycles. The molecule has 11 heteroatoms. The van der Waals surface area contributed by atoms with E-state index < -0.39 is 29.1 Å². The summed E-state index contributed by atoms with van der Waals surface area (Å²) < 4.78 is 11.9. The molecule has 1 aliphatic rings. The van der Waals surface area contributed by atoms with E-state index in [2.05, 4.69) is 10.3 Å². The van der Waals surface area contributed by atoms with E-state index in [9.17, 15) is 14.4 Å². The number of benzene rings is 2. The van der Waals surface area contributed by atoms with Crippen molar-refractivity contribution < 1.29 is 19.1 Å². The van der Waals surface area contributed by atoms with Crippen molar-refractivity contribution in [2.24, 2.45) is 5.73 Å². The van der Waals surface area contributed by atoms with Gasteiger partial charge in [0.25, 0.3) is 11.5 Å². The molecule has 1 unspecified atom stereocenters. The summed E-state index contributed by atoms with van der Waals surface area (Å²) in [6.07, 6.45) is 0.944. The number of fused-ring (bicyclic) bond motifs is 1. The third kappa shape index (κ3) is 5.36. The number of guanidine groups is 1. The number of hydrogen-bond donors (Lipinski definition) is 3. The minimum absolute atomic E-state index is 0.0194. The molecule has 0 spiro atoms. The van der Waals surface area contributed by atoms with Crippen LogP contribution in [0.5, 0.6) is 0 Å². The van der Waals surface area contributed by atoms with Gasteiger partial charge in [0.05, 0.1) is 19.3 Å². The summed E-state index contributed by atoms with van der Waals surface area (Å²) in [4.78, 5) is 45.3. The lowest BCUT2D eigenvalue weighted by Gasteiger charge is -2.34. The van der Waals surface area contributed by atoms with Gasteiger partial charge in [-0.25, -0.2) is 9.78 Å². The standard InChI is InChI=1S/C26H28N6O5/c1-36-17-26(23(34)31(24(27)28)15-18-8-4-2-5-9-18)13-12-21-29-14-20(22(33)32(21)26)30-25(35)37-16-19-10-6-3-7-11-19/h2-11,14H,12-13,15-17H2,1H3,(H3,27,28)(H,30,35). The Kier molecular flexibility index (Phi) is 7.63. The highest BCUT2D eigenvalue weighted by Gasteiger charge is 2.50. The van der Waals surface area contributed by atoms with Gasteiger partial charge in [0, 0.05) is 13.5 Å². The number of anilines is 1. The number of nitrogens with one attached hydrogen (secondary N) is 2. The average molecular weight is 505 g/mol. The van der Waals surface area contributed by atoms with Crippen molar-refractivity contribution in [3.63, 3.8) is 0 Å². The molecule has 2 aromatic carbocycles. The average Bonchev–Trinajstić information content (AvgIpc) is 3.28. The summed E-state index contributed by atoms with van der Waals surface area (Å²) >= 11 is 0. The fourth-order valence-corrected chi connectivity index (χ4v) is 4.42. The van der Waals surface area contributed by atoms with Crippen LogP contribution in [0.25, 0.3) is 0 Å². The van der Waals surface area contributed by atoms with Crippen molar-refractivity contribution in [3.05, 3.63) is 94.2 Å². The molecule has 0 radical (unpaired) electrons. The van der Waals surface area contributed by atoms with Gasteiger partial charge < -0.3 is 15.2 Å². The molecule has 4 N–H and O–H groups in total. The number of carbonyl (C=O) groups excluding carboxylic acids is 2. The summed E-state index contributed by atoms with van der Waals surface area (Å²) in [6, 6.07) is 18.2. The van der Waals surface area contributed by atoms with Crippen LogP contribution in [0.15, 0.2) is 71.7 Å². The second-order valence-electron chi connectivity index (χ2n) is 8.64. The molecular formula is C26H28N6O5. The Balaban J connectivity index is 1.63. The maximum Gasteiger partial charge on any atom is 0.412 e. The van der Waals surface area contributed by atoms with Crippen LogP contribution in [0, 0.1) is 5.41 Å². The van der Waals surface area contributed by atoms with Crippen molar-refractivity contribution in [2.45, 2.75) is 31.5 Å². The van der Waals surface area contributed by atoms with Gasteiger partial charge in [0.2, 0.25) is 0 Å². The zero-order valence-electron chi connectivity index (χ0n) is 20.3. The van der Waals surface area contributed by atoms with Gasteiger partial charge in [0.15, 0.2) is 11.5 Å². The summed E-state index contributed by atoms with van der Waals surface area (Å²) in [6.45, 7) is -0.0891. The molecule has 0 bridgehead atoms. The minimum Gasteiger partial charge on any atom is -0.444 e. The van der Waals surface area contributed by atoms with Gasteiger partial charge >= 0.3 is 6.09 Å². The van der Waals surface area contributed by atoms with Crippen LogP contribution in [-0.4, -0.2) is 46.1 Å². The number of hydrogen-bond acceptors (Lipinski definition) is 7. The molecule has 3 aromatic rings. The smallest absolute Gasteiger partial charge is 0.412 e. The lowest BCUT2D eigenvalue weighted by atomic mass is 9.95. The number of aromatic nitrogens is 2. The van der Waals surface area contributed by atoms with E-state index in [0.29, 0.717) is 12.2 Å². The number of carbonyl (C=O) groups is 2. The Morgan fingerprint density at radius 1 is 1.14 bits per heavy atom. The summed E-state index contributed by atoms with van der Waals surface area (Å²) in [7, 11) is 1.42. The van der Waals surface area contributed by atoms with E-state index in [1.54, 1.807) is 12.1 Å². The number of ether oxygens (including phenoxy) is 2. The van der Waals surface area contributed by atoms with Crippen molar-refractivity contribution in [3.8, 4) is 0 Å². The lowest BCUT2D eigenvalue weighted by Crippen LogP contribution is -2.57. The van der Waals surface area contributed by atoms with E-state index in [1.165, 1.54) is 17.9 Å². The van der Waals surface area contributed by atoms with Gasteiger partial charge in [-0.3, -0.25) is 29.8 Å². The number of nitrogens with two attached hydrogens (primary N) is 1. The van der Waals surface area contributed by atoms with Crippen LogP contribution in [0.4, 0.5) is 10.5 Å². The molecular weight excluding hydrogens is 476 g/mol. The van der Waals surface area contributed by atoms with E-state index in [1.807, 2.05) is 48.5 Å². The van der Waals surface area contributed by atoms with Crippen LogP contribution in [0.1, 0.15) is 23.4 Å². The maximum atomic E-state index is 13.9. The number of methoxy groups -OCH3 is 1. The quantitative estimate of drug-likeness (QED) is 0.314. The first-order chi connectivity index (χ1) is 17.9. The van der Waals surface area contributed by atoms with Gasteiger partial charge in [-0.15, -0.1) is 0 Å². The van der Waals surface area contributed by atoms with Crippen molar-refractivity contribution in [1.82, 2.24) is 14.5 Å². The fourth-order valence-electron chi connectivity index (χ4n) is 4.42.